The van der Waals surface area contributed by atoms with Gasteiger partial charge in [-0.3, -0.25) is 14.4 Å². The highest BCUT2D eigenvalue weighted by Crippen LogP contribution is 2.73. The van der Waals surface area contributed by atoms with E-state index in [1.807, 2.05) is 26.8 Å². The first-order valence-corrected chi connectivity index (χ1v) is 14.3. The number of aromatic nitrogens is 1. The summed E-state index contributed by atoms with van der Waals surface area (Å²) in [7, 11) is 1.74. The number of ketones is 2. The maximum Gasteiger partial charge on any atom is 0.355 e. The number of Topliss-reactive ketones (excluding diaryl/α,β-unsaturated/α-hetero) is 1. The number of ether oxygens (including phenoxy) is 2. The molecular formula is C30H35Cl2NO6. The zero-order valence-electron chi connectivity index (χ0n) is 23.0. The number of allylic oxidation sites excluding steroid dienone is 4. The van der Waals surface area contributed by atoms with Crippen molar-refractivity contribution in [1.29, 1.82) is 0 Å². The number of hydrogen-bond donors (Lipinski definition) is 0. The van der Waals surface area contributed by atoms with Crippen LogP contribution in [0.25, 0.3) is 0 Å². The van der Waals surface area contributed by atoms with Crippen molar-refractivity contribution < 1.29 is 28.7 Å². The van der Waals surface area contributed by atoms with Crippen LogP contribution in [0.15, 0.2) is 42.1 Å². The SMILES string of the molecule is CC(=O)OCC(=O)[C@]1(OC(=O)c2cccn2C)[C@H](C)C[C@H]2[C@@H]3CCC4=CC(=O)C=C[C@]4(C)[C@@]3(Cl)[C@@H](Cl)C[C@@]21C. The lowest BCUT2D eigenvalue weighted by Crippen LogP contribution is -2.68. The maximum absolute atomic E-state index is 14.1. The Morgan fingerprint density at radius 2 is 1.92 bits per heavy atom. The molecule has 0 saturated heterocycles. The van der Waals surface area contributed by atoms with Gasteiger partial charge in [-0.25, -0.2) is 4.79 Å². The van der Waals surface area contributed by atoms with Gasteiger partial charge in [-0.15, -0.1) is 23.2 Å². The van der Waals surface area contributed by atoms with E-state index in [2.05, 4.69) is 0 Å². The molecule has 4 aliphatic carbocycles. The van der Waals surface area contributed by atoms with Crippen LogP contribution in [0, 0.1) is 28.6 Å². The largest absolute Gasteiger partial charge is 0.458 e. The topological polar surface area (TPSA) is 91.7 Å². The average molecular weight is 577 g/mol. The van der Waals surface area contributed by atoms with Crippen molar-refractivity contribution in [1.82, 2.24) is 4.57 Å². The molecule has 8 atom stereocenters. The van der Waals surface area contributed by atoms with Gasteiger partial charge >= 0.3 is 11.9 Å². The van der Waals surface area contributed by atoms with Crippen LogP contribution in [0.1, 0.15) is 63.9 Å². The smallest absolute Gasteiger partial charge is 0.355 e. The molecule has 4 aliphatic rings. The molecule has 7 nitrogen and oxygen atoms in total. The van der Waals surface area contributed by atoms with E-state index >= 15 is 0 Å². The third-order valence-electron chi connectivity index (χ3n) is 10.4. The molecule has 9 heteroatoms. The highest BCUT2D eigenvalue weighted by Gasteiger charge is 2.76. The number of hydrogen-bond acceptors (Lipinski definition) is 6. The number of rotatable bonds is 5. The summed E-state index contributed by atoms with van der Waals surface area (Å²) >= 11 is 14.9. The number of nitrogens with zero attached hydrogens (tertiary/aromatic N) is 1. The van der Waals surface area contributed by atoms with Gasteiger partial charge in [0.2, 0.25) is 5.78 Å². The zero-order chi connectivity index (χ0) is 28.5. The molecule has 0 amide bonds. The second-order valence-electron chi connectivity index (χ2n) is 12.2. The van der Waals surface area contributed by atoms with Crippen molar-refractivity contribution >= 4 is 46.7 Å². The Kier molecular flexibility index (Phi) is 6.74. The van der Waals surface area contributed by atoms with E-state index in [1.54, 1.807) is 42.1 Å². The number of alkyl halides is 2. The summed E-state index contributed by atoms with van der Waals surface area (Å²) in [6.07, 6.45) is 9.16. The first-order valence-electron chi connectivity index (χ1n) is 13.5. The molecule has 0 bridgehead atoms. The molecule has 1 heterocycles. The third-order valence-corrected chi connectivity index (χ3v) is 11.9. The summed E-state index contributed by atoms with van der Waals surface area (Å²) < 4.78 is 13.2. The number of halogens is 2. The summed E-state index contributed by atoms with van der Waals surface area (Å²) in [4.78, 5) is 50.7. The summed E-state index contributed by atoms with van der Waals surface area (Å²) in [5.41, 5.74) is -1.78. The molecular weight excluding hydrogens is 541 g/mol. The van der Waals surface area contributed by atoms with Crippen LogP contribution in [-0.2, 0) is 30.9 Å². The molecule has 0 radical (unpaired) electrons. The van der Waals surface area contributed by atoms with E-state index in [1.165, 1.54) is 6.92 Å². The van der Waals surface area contributed by atoms with Crippen LogP contribution >= 0.6 is 23.2 Å². The lowest BCUT2D eigenvalue weighted by Gasteiger charge is -2.64. The molecule has 1 aromatic heterocycles. The zero-order valence-corrected chi connectivity index (χ0v) is 24.5. The Morgan fingerprint density at radius 1 is 1.21 bits per heavy atom. The summed E-state index contributed by atoms with van der Waals surface area (Å²) in [6, 6.07) is 3.38. The maximum atomic E-state index is 14.1. The first kappa shape index (κ1) is 28.2. The summed E-state index contributed by atoms with van der Waals surface area (Å²) in [6.45, 7) is 6.69. The number of aryl methyl sites for hydroxylation is 1. The predicted molar refractivity (Wildman–Crippen MR) is 146 cm³/mol. The molecule has 0 N–H and O–H groups in total. The molecule has 39 heavy (non-hydrogen) atoms. The molecule has 1 aromatic rings. The number of fused-ring (bicyclic) bond motifs is 5. The van der Waals surface area contributed by atoms with Gasteiger partial charge in [0.15, 0.2) is 18.0 Å². The predicted octanol–water partition coefficient (Wildman–Crippen LogP) is 5.19. The van der Waals surface area contributed by atoms with E-state index in [0.29, 0.717) is 31.4 Å². The van der Waals surface area contributed by atoms with Crippen LogP contribution < -0.4 is 0 Å². The quantitative estimate of drug-likeness (QED) is 0.354. The first-order chi connectivity index (χ1) is 18.2. The number of carbonyl (C=O) groups is 4. The van der Waals surface area contributed by atoms with Crippen LogP contribution in [0.4, 0.5) is 0 Å². The number of esters is 2. The Balaban J connectivity index is 1.61. The lowest BCUT2D eigenvalue weighted by atomic mass is 9.46. The van der Waals surface area contributed by atoms with Gasteiger partial charge in [-0.05, 0) is 61.8 Å². The lowest BCUT2D eigenvalue weighted by molar-refractivity contribution is -0.173. The van der Waals surface area contributed by atoms with Gasteiger partial charge in [0, 0.05) is 36.9 Å². The Hall–Kier alpha value is -2.38. The standard InChI is InChI=1S/C30H35Cl2NO6/c1-17-13-22-21-9-8-19-14-20(35)10-11-27(19,3)29(21,32)24(31)15-28(22,4)30(17,25(36)16-38-18(2)34)39-26(37)23-7-6-12-33(23)5/h6-7,10-12,14,17,21-22,24H,8-9,13,15-16H2,1-5H3/t17-,21+,22+,24+,27+,28+,29+,30-/m1/s1. The van der Waals surface area contributed by atoms with Crippen molar-refractivity contribution in [2.45, 2.75) is 69.2 Å². The molecule has 0 aliphatic heterocycles. The van der Waals surface area contributed by atoms with Crippen LogP contribution in [0.5, 0.6) is 0 Å². The highest BCUT2D eigenvalue weighted by atomic mass is 35.5. The molecule has 0 unspecified atom stereocenters. The van der Waals surface area contributed by atoms with E-state index in [0.717, 1.165) is 5.57 Å². The normalized spacial score (nSPS) is 40.7. The monoisotopic (exact) mass is 575 g/mol. The summed E-state index contributed by atoms with van der Waals surface area (Å²) in [5, 5.41) is -0.600. The fourth-order valence-electron chi connectivity index (χ4n) is 8.48. The molecule has 0 aromatic carbocycles. The van der Waals surface area contributed by atoms with E-state index in [9.17, 15) is 19.2 Å². The molecule has 5 rings (SSSR count). The second kappa shape index (κ2) is 9.34. The fourth-order valence-corrected chi connectivity index (χ4v) is 9.71. The summed E-state index contributed by atoms with van der Waals surface area (Å²) in [5.74, 6) is -2.30. The van der Waals surface area contributed by atoms with E-state index in [-0.39, 0.29) is 23.5 Å². The van der Waals surface area contributed by atoms with Crippen molar-refractivity contribution in [3.8, 4) is 0 Å². The van der Waals surface area contributed by atoms with E-state index < -0.39 is 51.0 Å². The van der Waals surface area contributed by atoms with Crippen molar-refractivity contribution in [3.63, 3.8) is 0 Å². The van der Waals surface area contributed by atoms with E-state index in [4.69, 9.17) is 32.7 Å². The van der Waals surface area contributed by atoms with Crippen LogP contribution in [-0.4, -0.2) is 50.5 Å². The van der Waals surface area contributed by atoms with Crippen molar-refractivity contribution in [2.24, 2.45) is 35.6 Å². The van der Waals surface area contributed by atoms with Crippen molar-refractivity contribution in [3.05, 3.63) is 47.8 Å². The van der Waals surface area contributed by atoms with Gasteiger partial charge in [0.25, 0.3) is 0 Å². The van der Waals surface area contributed by atoms with Gasteiger partial charge in [0.05, 0.1) is 10.3 Å². The number of carbonyl (C=O) groups excluding carboxylic acids is 4. The molecule has 3 saturated carbocycles. The minimum Gasteiger partial charge on any atom is -0.458 e. The highest BCUT2D eigenvalue weighted by molar-refractivity contribution is 6.34. The Labute approximate surface area is 238 Å². The van der Waals surface area contributed by atoms with Crippen LogP contribution in [0.3, 0.4) is 0 Å². The molecule has 210 valence electrons. The average Bonchev–Trinajstić information content (AvgIpc) is 3.39. The van der Waals surface area contributed by atoms with Gasteiger partial charge in [-0.2, -0.15) is 0 Å². The Bertz CT molecular complexity index is 1320. The Morgan fingerprint density at radius 3 is 2.56 bits per heavy atom. The van der Waals surface area contributed by atoms with Gasteiger partial charge < -0.3 is 14.0 Å². The fraction of sp³-hybridized carbons (Fsp3) is 0.600. The second-order valence-corrected chi connectivity index (χ2v) is 13.3. The minimum atomic E-state index is -1.57. The van der Waals surface area contributed by atoms with Gasteiger partial charge in [0.1, 0.15) is 5.69 Å². The third kappa shape index (κ3) is 3.75. The van der Waals surface area contributed by atoms with Gasteiger partial charge in [-0.1, -0.05) is 32.4 Å². The van der Waals surface area contributed by atoms with Crippen LogP contribution in [0.2, 0.25) is 0 Å². The van der Waals surface area contributed by atoms with Crippen molar-refractivity contribution in [2.75, 3.05) is 6.61 Å². The molecule has 0 spiro atoms. The minimum absolute atomic E-state index is 0.0508. The molecule has 3 fully saturated rings.